The highest BCUT2D eigenvalue weighted by Crippen LogP contribution is 2.04. The summed E-state index contributed by atoms with van der Waals surface area (Å²) in [7, 11) is 0. The van der Waals surface area contributed by atoms with Crippen LogP contribution in [0.25, 0.3) is 0 Å². The number of nitrogens with two attached hydrogens (primary N) is 1. The maximum atomic E-state index is 6.86. The minimum absolute atomic E-state index is 0.225. The number of nitrogens with zero attached hydrogens (tertiary/aromatic N) is 1. The number of hydrogen-bond acceptors (Lipinski definition) is 3. The lowest BCUT2D eigenvalue weighted by atomic mass is 10.0. The third-order valence-electron chi connectivity index (χ3n) is 2.05. The average molecular weight is 169 g/mol. The van der Waals surface area contributed by atoms with Gasteiger partial charge in [-0.05, 0) is 25.5 Å². The molecule has 0 saturated carbocycles. The number of aliphatic imine (C=N–C) groups is 1. The van der Waals surface area contributed by atoms with Crippen molar-refractivity contribution < 1.29 is 0 Å². The minimum Gasteiger partial charge on any atom is -0.313 e. The molecule has 0 saturated heterocycles. The van der Waals surface area contributed by atoms with E-state index in [1.54, 1.807) is 0 Å². The highest BCUT2D eigenvalue weighted by Gasteiger charge is 2.04. The molecule has 0 aromatic carbocycles. The van der Waals surface area contributed by atoms with Gasteiger partial charge in [-0.1, -0.05) is 13.8 Å². The monoisotopic (exact) mass is 169 g/mol. The van der Waals surface area contributed by atoms with E-state index in [2.05, 4.69) is 18.8 Å². The Morgan fingerprint density at radius 1 is 1.67 bits per heavy atom. The molecule has 0 amide bonds. The van der Waals surface area contributed by atoms with E-state index in [1.165, 1.54) is 6.21 Å². The third-order valence-corrected chi connectivity index (χ3v) is 2.05. The molecular weight excluding hydrogens is 150 g/mol. The SMILES string of the molecule is CCC(C)C(C)=NC(N)CC=N. The van der Waals surface area contributed by atoms with Crippen molar-refractivity contribution in [2.45, 2.75) is 39.8 Å². The van der Waals surface area contributed by atoms with Crippen molar-refractivity contribution >= 4 is 11.9 Å². The molecule has 0 aromatic heterocycles. The highest BCUT2D eigenvalue weighted by atomic mass is 14.9. The van der Waals surface area contributed by atoms with Crippen LogP contribution in [0.2, 0.25) is 0 Å². The molecule has 0 spiro atoms. The molecule has 2 atom stereocenters. The standard InChI is InChI=1S/C9H19N3/c1-4-7(2)8(3)12-9(11)5-6-10/h6-7,9-10H,4-5,11H2,1-3H3. The Bertz CT molecular complexity index is 163. The summed E-state index contributed by atoms with van der Waals surface area (Å²) in [6.07, 6.45) is 2.70. The van der Waals surface area contributed by atoms with Crippen LogP contribution in [0, 0.1) is 11.3 Å². The van der Waals surface area contributed by atoms with Crippen molar-refractivity contribution in [3.8, 4) is 0 Å². The molecule has 0 bridgehead atoms. The predicted molar refractivity (Wildman–Crippen MR) is 53.9 cm³/mol. The second kappa shape index (κ2) is 5.89. The van der Waals surface area contributed by atoms with E-state index >= 15 is 0 Å². The van der Waals surface area contributed by atoms with Crippen LogP contribution in [-0.2, 0) is 0 Å². The van der Waals surface area contributed by atoms with E-state index in [4.69, 9.17) is 11.1 Å². The van der Waals surface area contributed by atoms with E-state index < -0.39 is 0 Å². The molecule has 0 fully saturated rings. The van der Waals surface area contributed by atoms with Crippen LogP contribution in [-0.4, -0.2) is 18.1 Å². The lowest BCUT2D eigenvalue weighted by Crippen LogP contribution is -2.21. The largest absolute Gasteiger partial charge is 0.313 e. The summed E-state index contributed by atoms with van der Waals surface area (Å²) in [6, 6.07) is 0. The molecule has 0 aromatic rings. The van der Waals surface area contributed by atoms with Crippen LogP contribution >= 0.6 is 0 Å². The Hall–Kier alpha value is -0.700. The molecule has 2 unspecified atom stereocenters. The topological polar surface area (TPSA) is 62.2 Å². The molecule has 0 aliphatic rings. The Labute approximate surface area is 74.6 Å². The van der Waals surface area contributed by atoms with Crippen molar-refractivity contribution in [1.29, 1.82) is 5.41 Å². The van der Waals surface area contributed by atoms with Gasteiger partial charge in [-0.3, -0.25) is 4.99 Å². The zero-order valence-corrected chi connectivity index (χ0v) is 8.17. The second-order valence-corrected chi connectivity index (χ2v) is 3.09. The number of rotatable bonds is 5. The molecule has 3 N–H and O–H groups in total. The van der Waals surface area contributed by atoms with Gasteiger partial charge in [0, 0.05) is 12.1 Å². The molecule has 3 heteroatoms. The van der Waals surface area contributed by atoms with Crippen molar-refractivity contribution in [2.75, 3.05) is 0 Å². The highest BCUT2D eigenvalue weighted by molar-refractivity contribution is 5.84. The van der Waals surface area contributed by atoms with Crippen molar-refractivity contribution in [3.05, 3.63) is 0 Å². The number of nitrogens with one attached hydrogen (secondary N) is 1. The maximum Gasteiger partial charge on any atom is 0.102 e. The quantitative estimate of drug-likeness (QED) is 0.606. The van der Waals surface area contributed by atoms with E-state index in [1.807, 2.05) is 6.92 Å². The lowest BCUT2D eigenvalue weighted by molar-refractivity contribution is 0.694. The molecule has 3 nitrogen and oxygen atoms in total. The van der Waals surface area contributed by atoms with Crippen LogP contribution in [0.5, 0.6) is 0 Å². The zero-order valence-electron chi connectivity index (χ0n) is 8.17. The summed E-state index contributed by atoms with van der Waals surface area (Å²) < 4.78 is 0. The second-order valence-electron chi connectivity index (χ2n) is 3.09. The average Bonchev–Trinajstić information content (AvgIpc) is 2.03. The van der Waals surface area contributed by atoms with E-state index in [0.29, 0.717) is 12.3 Å². The van der Waals surface area contributed by atoms with Gasteiger partial charge in [-0.25, -0.2) is 0 Å². The Morgan fingerprint density at radius 3 is 2.67 bits per heavy atom. The third kappa shape index (κ3) is 4.23. The van der Waals surface area contributed by atoms with Crippen LogP contribution in [0.3, 0.4) is 0 Å². The van der Waals surface area contributed by atoms with E-state index in [9.17, 15) is 0 Å². The van der Waals surface area contributed by atoms with Gasteiger partial charge < -0.3 is 11.1 Å². The lowest BCUT2D eigenvalue weighted by Gasteiger charge is -2.10. The maximum absolute atomic E-state index is 6.86. The summed E-state index contributed by atoms with van der Waals surface area (Å²) >= 11 is 0. The Kier molecular flexibility index (Phi) is 5.54. The van der Waals surface area contributed by atoms with Gasteiger partial charge >= 0.3 is 0 Å². The summed E-state index contributed by atoms with van der Waals surface area (Å²) in [5.74, 6) is 0.502. The Balaban J connectivity index is 4.04. The van der Waals surface area contributed by atoms with Crippen LogP contribution in [0.4, 0.5) is 0 Å². The summed E-state index contributed by atoms with van der Waals surface area (Å²) in [6.45, 7) is 6.26. The molecule has 0 heterocycles. The minimum atomic E-state index is -0.225. The molecule has 12 heavy (non-hydrogen) atoms. The molecular formula is C9H19N3. The summed E-state index contributed by atoms with van der Waals surface area (Å²) in [5, 5.41) is 6.86. The predicted octanol–water partition coefficient (Wildman–Crippen LogP) is 1.82. The molecule has 0 aliphatic carbocycles. The van der Waals surface area contributed by atoms with Gasteiger partial charge in [0.1, 0.15) is 6.17 Å². The zero-order chi connectivity index (χ0) is 9.56. The normalized spacial score (nSPS) is 17.2. The molecule has 0 aliphatic heterocycles. The fourth-order valence-corrected chi connectivity index (χ4v) is 0.858. The summed E-state index contributed by atoms with van der Waals surface area (Å²) in [5.41, 5.74) is 6.73. The van der Waals surface area contributed by atoms with Gasteiger partial charge in [-0.15, -0.1) is 0 Å². The van der Waals surface area contributed by atoms with Gasteiger partial charge in [0.15, 0.2) is 0 Å². The molecule has 70 valence electrons. The first-order chi connectivity index (χ1) is 5.61. The van der Waals surface area contributed by atoms with Gasteiger partial charge in [0.05, 0.1) is 0 Å². The first-order valence-electron chi connectivity index (χ1n) is 4.40. The fraction of sp³-hybridized carbons (Fsp3) is 0.778. The van der Waals surface area contributed by atoms with Gasteiger partial charge in [0.25, 0.3) is 0 Å². The van der Waals surface area contributed by atoms with Crippen LogP contribution in [0.15, 0.2) is 4.99 Å². The van der Waals surface area contributed by atoms with E-state index in [-0.39, 0.29) is 6.17 Å². The van der Waals surface area contributed by atoms with Crippen molar-refractivity contribution in [1.82, 2.24) is 0 Å². The molecule has 0 rings (SSSR count). The van der Waals surface area contributed by atoms with Crippen LogP contribution in [0.1, 0.15) is 33.6 Å². The van der Waals surface area contributed by atoms with Gasteiger partial charge in [-0.2, -0.15) is 0 Å². The Morgan fingerprint density at radius 2 is 2.25 bits per heavy atom. The number of hydrogen-bond donors (Lipinski definition) is 2. The summed E-state index contributed by atoms with van der Waals surface area (Å²) in [4.78, 5) is 4.28. The van der Waals surface area contributed by atoms with Crippen molar-refractivity contribution in [3.63, 3.8) is 0 Å². The fourth-order valence-electron chi connectivity index (χ4n) is 0.858. The molecule has 0 radical (unpaired) electrons. The van der Waals surface area contributed by atoms with Crippen molar-refractivity contribution in [2.24, 2.45) is 16.6 Å². The van der Waals surface area contributed by atoms with Crippen LogP contribution < -0.4 is 5.73 Å². The first kappa shape index (κ1) is 11.3. The first-order valence-corrected chi connectivity index (χ1v) is 4.40. The van der Waals surface area contributed by atoms with Gasteiger partial charge in [0.2, 0.25) is 0 Å². The smallest absolute Gasteiger partial charge is 0.102 e. The van der Waals surface area contributed by atoms with E-state index in [0.717, 1.165) is 12.1 Å².